The van der Waals surface area contributed by atoms with E-state index in [9.17, 15) is 18.0 Å². The van der Waals surface area contributed by atoms with Gasteiger partial charge >= 0.3 is 5.97 Å². The molecule has 3 aromatic rings. The predicted molar refractivity (Wildman–Crippen MR) is 132 cm³/mol. The summed E-state index contributed by atoms with van der Waals surface area (Å²) in [5, 5.41) is 3.91. The SMILES string of the molecule is CCOc1ccccc1N(CC(=O)N/N=C\c1ccc(OC(C)=O)cc1)S(=O)(=O)c1ccccc1. The molecule has 0 bridgehead atoms. The highest BCUT2D eigenvalue weighted by atomic mass is 32.2. The second-order valence-corrected chi connectivity index (χ2v) is 9.04. The van der Waals surface area contributed by atoms with Gasteiger partial charge < -0.3 is 9.47 Å². The molecule has 3 rings (SSSR count). The Morgan fingerprint density at radius 1 is 0.971 bits per heavy atom. The zero-order valence-electron chi connectivity index (χ0n) is 19.2. The van der Waals surface area contributed by atoms with E-state index in [1.165, 1.54) is 25.3 Å². The minimum Gasteiger partial charge on any atom is -0.492 e. The van der Waals surface area contributed by atoms with Crippen LogP contribution in [0.25, 0.3) is 0 Å². The molecule has 1 N–H and O–H groups in total. The quantitative estimate of drug-likeness (QED) is 0.200. The summed E-state index contributed by atoms with van der Waals surface area (Å²) in [6.45, 7) is 2.89. The molecule has 0 fully saturated rings. The molecule has 1 amide bonds. The number of amides is 1. The van der Waals surface area contributed by atoms with E-state index in [2.05, 4.69) is 10.5 Å². The van der Waals surface area contributed by atoms with Crippen molar-refractivity contribution >= 4 is 33.8 Å². The van der Waals surface area contributed by atoms with Gasteiger partial charge in [0.15, 0.2) is 0 Å². The van der Waals surface area contributed by atoms with Gasteiger partial charge in [-0.2, -0.15) is 5.10 Å². The third-order valence-corrected chi connectivity index (χ3v) is 6.37. The van der Waals surface area contributed by atoms with Gasteiger partial charge in [-0.15, -0.1) is 0 Å². The summed E-state index contributed by atoms with van der Waals surface area (Å²) < 4.78 is 38.5. The topological polar surface area (TPSA) is 114 Å². The number of sulfonamides is 1. The van der Waals surface area contributed by atoms with Gasteiger partial charge in [-0.25, -0.2) is 13.8 Å². The Morgan fingerprint density at radius 2 is 1.63 bits per heavy atom. The van der Waals surface area contributed by atoms with Crippen LogP contribution in [0.2, 0.25) is 0 Å². The molecule has 10 heteroatoms. The fourth-order valence-corrected chi connectivity index (χ4v) is 4.55. The lowest BCUT2D eigenvalue weighted by Gasteiger charge is -2.25. The Hall–Kier alpha value is -4.18. The van der Waals surface area contributed by atoms with Crippen LogP contribution in [-0.4, -0.2) is 39.7 Å². The maximum absolute atomic E-state index is 13.4. The lowest BCUT2D eigenvalue weighted by Crippen LogP contribution is -2.39. The number of nitrogens with one attached hydrogen (secondary N) is 1. The number of hydrazone groups is 1. The molecule has 0 unspecified atom stereocenters. The zero-order valence-corrected chi connectivity index (χ0v) is 20.1. The van der Waals surface area contributed by atoms with Gasteiger partial charge in [-0.1, -0.05) is 30.3 Å². The number of para-hydroxylation sites is 2. The van der Waals surface area contributed by atoms with Crippen molar-refractivity contribution in [3.05, 3.63) is 84.4 Å². The second kappa shape index (κ2) is 11.8. The second-order valence-electron chi connectivity index (χ2n) is 7.18. The number of benzene rings is 3. The van der Waals surface area contributed by atoms with Crippen LogP contribution in [-0.2, 0) is 19.6 Å². The predicted octanol–water partition coefficient (Wildman–Crippen LogP) is 3.36. The molecule has 35 heavy (non-hydrogen) atoms. The van der Waals surface area contributed by atoms with Gasteiger partial charge in [0.1, 0.15) is 18.0 Å². The minimum absolute atomic E-state index is 0.0375. The van der Waals surface area contributed by atoms with Crippen LogP contribution in [0.15, 0.2) is 88.9 Å². The van der Waals surface area contributed by atoms with E-state index >= 15 is 0 Å². The normalized spacial score (nSPS) is 11.1. The van der Waals surface area contributed by atoms with Crippen LogP contribution < -0.4 is 19.2 Å². The van der Waals surface area contributed by atoms with Crippen LogP contribution in [0.4, 0.5) is 5.69 Å². The molecule has 3 aromatic carbocycles. The van der Waals surface area contributed by atoms with Crippen molar-refractivity contribution in [3.63, 3.8) is 0 Å². The summed E-state index contributed by atoms with van der Waals surface area (Å²) in [5.41, 5.74) is 3.22. The molecule has 0 saturated carbocycles. The first kappa shape index (κ1) is 25.4. The Kier molecular flexibility index (Phi) is 8.58. The third kappa shape index (κ3) is 6.90. The Labute approximate surface area is 204 Å². The first-order chi connectivity index (χ1) is 16.8. The summed E-state index contributed by atoms with van der Waals surface area (Å²) in [6.07, 6.45) is 1.39. The fourth-order valence-electron chi connectivity index (χ4n) is 3.09. The molecule has 0 aliphatic rings. The molecule has 0 radical (unpaired) electrons. The van der Waals surface area contributed by atoms with E-state index in [1.54, 1.807) is 73.7 Å². The van der Waals surface area contributed by atoms with Crippen LogP contribution in [0.5, 0.6) is 11.5 Å². The van der Waals surface area contributed by atoms with Crippen LogP contribution in [0.3, 0.4) is 0 Å². The summed E-state index contributed by atoms with van der Waals surface area (Å²) in [6, 6.07) is 20.9. The first-order valence-corrected chi connectivity index (χ1v) is 12.1. The number of hydrogen-bond donors (Lipinski definition) is 1. The van der Waals surface area contributed by atoms with Crippen molar-refractivity contribution in [2.24, 2.45) is 5.10 Å². The van der Waals surface area contributed by atoms with Gasteiger partial charge in [0.2, 0.25) is 0 Å². The van der Waals surface area contributed by atoms with Crippen molar-refractivity contribution in [1.82, 2.24) is 5.43 Å². The van der Waals surface area contributed by atoms with Crippen molar-refractivity contribution in [2.75, 3.05) is 17.5 Å². The number of rotatable bonds is 10. The number of carbonyl (C=O) groups excluding carboxylic acids is 2. The van der Waals surface area contributed by atoms with Crippen molar-refractivity contribution < 1.29 is 27.5 Å². The molecule has 9 nitrogen and oxygen atoms in total. The van der Waals surface area contributed by atoms with Gasteiger partial charge in [-0.05, 0) is 61.0 Å². The average Bonchev–Trinajstić information content (AvgIpc) is 2.84. The van der Waals surface area contributed by atoms with Gasteiger partial charge in [-0.3, -0.25) is 13.9 Å². The van der Waals surface area contributed by atoms with E-state index in [4.69, 9.17) is 9.47 Å². The molecule has 0 atom stereocenters. The Balaban J connectivity index is 1.81. The van der Waals surface area contributed by atoms with Crippen LogP contribution in [0, 0.1) is 0 Å². The number of esters is 1. The summed E-state index contributed by atoms with van der Waals surface area (Å²) in [4.78, 5) is 23.8. The van der Waals surface area contributed by atoms with Gasteiger partial charge in [0.25, 0.3) is 15.9 Å². The third-order valence-electron chi connectivity index (χ3n) is 4.60. The Morgan fingerprint density at radius 3 is 2.29 bits per heavy atom. The minimum atomic E-state index is -4.08. The molecule has 0 spiro atoms. The molecule has 0 aliphatic carbocycles. The van der Waals surface area contributed by atoms with Crippen molar-refractivity contribution in [2.45, 2.75) is 18.7 Å². The highest BCUT2D eigenvalue weighted by molar-refractivity contribution is 7.92. The highest BCUT2D eigenvalue weighted by Crippen LogP contribution is 2.32. The van der Waals surface area contributed by atoms with Crippen molar-refractivity contribution in [3.8, 4) is 11.5 Å². The number of hydrogen-bond acceptors (Lipinski definition) is 7. The van der Waals surface area contributed by atoms with E-state index in [0.29, 0.717) is 23.7 Å². The first-order valence-electron chi connectivity index (χ1n) is 10.7. The van der Waals surface area contributed by atoms with E-state index in [0.717, 1.165) is 4.31 Å². The molecule has 0 aliphatic heterocycles. The number of nitrogens with zero attached hydrogens (tertiary/aromatic N) is 2. The lowest BCUT2D eigenvalue weighted by atomic mass is 10.2. The number of ether oxygens (including phenoxy) is 2. The maximum atomic E-state index is 13.4. The van der Waals surface area contributed by atoms with Crippen molar-refractivity contribution in [1.29, 1.82) is 0 Å². The van der Waals surface area contributed by atoms with Crippen LogP contribution in [0.1, 0.15) is 19.4 Å². The molecule has 0 aromatic heterocycles. The Bertz CT molecular complexity index is 1290. The van der Waals surface area contributed by atoms with Gasteiger partial charge in [0, 0.05) is 6.92 Å². The maximum Gasteiger partial charge on any atom is 0.308 e. The molecule has 182 valence electrons. The number of anilines is 1. The number of carbonyl (C=O) groups is 2. The lowest BCUT2D eigenvalue weighted by molar-refractivity contribution is -0.131. The molecule has 0 heterocycles. The smallest absolute Gasteiger partial charge is 0.308 e. The molecular formula is C25H25N3O6S. The summed E-state index contributed by atoms with van der Waals surface area (Å²) in [7, 11) is -4.08. The summed E-state index contributed by atoms with van der Waals surface area (Å²) >= 11 is 0. The zero-order chi connectivity index (χ0) is 25.3. The monoisotopic (exact) mass is 495 g/mol. The molecule has 0 saturated heterocycles. The summed E-state index contributed by atoms with van der Waals surface area (Å²) in [5.74, 6) is -0.365. The largest absolute Gasteiger partial charge is 0.492 e. The fraction of sp³-hybridized carbons (Fsp3) is 0.160. The van der Waals surface area contributed by atoms with E-state index in [-0.39, 0.29) is 10.6 Å². The standard InChI is InChI=1S/C25H25N3O6S/c1-3-33-24-12-8-7-11-23(24)28(35(31,32)22-9-5-4-6-10-22)18-25(30)27-26-17-20-13-15-21(16-14-20)34-19(2)29/h4-17H,3,18H2,1-2H3,(H,27,30)/b26-17-. The van der Waals surface area contributed by atoms with Gasteiger partial charge in [0.05, 0.1) is 23.4 Å². The highest BCUT2D eigenvalue weighted by Gasteiger charge is 2.29. The van der Waals surface area contributed by atoms with E-state index < -0.39 is 28.4 Å². The van der Waals surface area contributed by atoms with Crippen LogP contribution >= 0.6 is 0 Å². The molecular weight excluding hydrogens is 470 g/mol. The van der Waals surface area contributed by atoms with E-state index in [1.807, 2.05) is 0 Å². The average molecular weight is 496 g/mol.